The predicted octanol–water partition coefficient (Wildman–Crippen LogP) is 2.75. The van der Waals surface area contributed by atoms with Crippen LogP contribution in [0.3, 0.4) is 0 Å². The van der Waals surface area contributed by atoms with Crippen LogP contribution in [0.2, 0.25) is 0 Å². The van der Waals surface area contributed by atoms with Crippen LogP contribution in [0.5, 0.6) is 0 Å². The standard InChI is InChI=1S/C9H20BrN/c1-8(2)6-11(5)9(3,4)7-10/h8H,6-7H2,1-5H3. The third-order valence-corrected chi connectivity index (χ3v) is 3.37. The van der Waals surface area contributed by atoms with E-state index in [-0.39, 0.29) is 5.54 Å². The van der Waals surface area contributed by atoms with Gasteiger partial charge >= 0.3 is 0 Å². The second-order valence-electron chi connectivity index (χ2n) is 4.22. The smallest absolute Gasteiger partial charge is 0.0247 e. The van der Waals surface area contributed by atoms with Crippen molar-refractivity contribution in [2.75, 3.05) is 18.9 Å². The Morgan fingerprint density at radius 2 is 1.82 bits per heavy atom. The molecule has 0 unspecified atom stereocenters. The molecule has 0 spiro atoms. The second-order valence-corrected chi connectivity index (χ2v) is 4.78. The Kier molecular flexibility index (Phi) is 4.64. The van der Waals surface area contributed by atoms with E-state index in [1.165, 1.54) is 6.54 Å². The Hall–Kier alpha value is 0.440. The first-order valence-electron chi connectivity index (χ1n) is 4.17. The molecule has 68 valence electrons. The van der Waals surface area contributed by atoms with Crippen LogP contribution in [0.15, 0.2) is 0 Å². The summed E-state index contributed by atoms with van der Waals surface area (Å²) in [6, 6.07) is 0. The van der Waals surface area contributed by atoms with Gasteiger partial charge in [-0.2, -0.15) is 0 Å². The molecule has 0 N–H and O–H groups in total. The number of rotatable bonds is 4. The molecule has 0 amide bonds. The minimum atomic E-state index is 0.282. The molecule has 0 saturated carbocycles. The minimum Gasteiger partial charge on any atom is -0.300 e. The zero-order chi connectivity index (χ0) is 9.07. The molecule has 0 saturated heterocycles. The van der Waals surface area contributed by atoms with Crippen LogP contribution in [0, 0.1) is 5.92 Å². The van der Waals surface area contributed by atoms with Gasteiger partial charge in [-0.25, -0.2) is 0 Å². The van der Waals surface area contributed by atoms with Gasteiger partial charge < -0.3 is 4.90 Å². The molecule has 0 bridgehead atoms. The maximum absolute atomic E-state index is 3.52. The van der Waals surface area contributed by atoms with Gasteiger partial charge in [0.1, 0.15) is 0 Å². The van der Waals surface area contributed by atoms with Gasteiger partial charge in [0.25, 0.3) is 0 Å². The molecular weight excluding hydrogens is 202 g/mol. The third kappa shape index (κ3) is 4.12. The van der Waals surface area contributed by atoms with Crippen LogP contribution in [-0.4, -0.2) is 29.4 Å². The first-order valence-corrected chi connectivity index (χ1v) is 5.29. The van der Waals surface area contributed by atoms with Crippen molar-refractivity contribution in [2.24, 2.45) is 5.92 Å². The van der Waals surface area contributed by atoms with E-state index in [1.54, 1.807) is 0 Å². The molecular formula is C9H20BrN. The molecule has 11 heavy (non-hydrogen) atoms. The molecule has 0 aromatic rings. The highest BCUT2D eigenvalue weighted by Gasteiger charge is 2.21. The summed E-state index contributed by atoms with van der Waals surface area (Å²) in [5.41, 5.74) is 0.282. The van der Waals surface area contributed by atoms with Crippen molar-refractivity contribution in [3.63, 3.8) is 0 Å². The largest absolute Gasteiger partial charge is 0.300 e. The van der Waals surface area contributed by atoms with Crippen molar-refractivity contribution in [1.29, 1.82) is 0 Å². The fraction of sp³-hybridized carbons (Fsp3) is 1.00. The third-order valence-electron chi connectivity index (χ3n) is 2.00. The fourth-order valence-electron chi connectivity index (χ4n) is 0.897. The van der Waals surface area contributed by atoms with Gasteiger partial charge in [0, 0.05) is 17.4 Å². The maximum atomic E-state index is 3.52. The number of alkyl halides is 1. The van der Waals surface area contributed by atoms with Gasteiger partial charge in [-0.1, -0.05) is 29.8 Å². The van der Waals surface area contributed by atoms with Gasteiger partial charge in [0.05, 0.1) is 0 Å². The molecule has 2 heteroatoms. The van der Waals surface area contributed by atoms with Crippen molar-refractivity contribution in [1.82, 2.24) is 4.90 Å². The normalized spacial score (nSPS) is 13.1. The monoisotopic (exact) mass is 221 g/mol. The van der Waals surface area contributed by atoms with Crippen LogP contribution >= 0.6 is 15.9 Å². The van der Waals surface area contributed by atoms with Crippen LogP contribution in [0.1, 0.15) is 27.7 Å². The highest BCUT2D eigenvalue weighted by Crippen LogP contribution is 2.16. The molecule has 0 aromatic carbocycles. The van der Waals surface area contributed by atoms with E-state index in [0.29, 0.717) is 0 Å². The molecule has 0 heterocycles. The Morgan fingerprint density at radius 1 is 1.36 bits per heavy atom. The lowest BCUT2D eigenvalue weighted by molar-refractivity contribution is 0.162. The first-order chi connectivity index (χ1) is 4.90. The molecule has 0 atom stereocenters. The lowest BCUT2D eigenvalue weighted by atomic mass is 10.1. The highest BCUT2D eigenvalue weighted by atomic mass is 79.9. The second kappa shape index (κ2) is 4.46. The van der Waals surface area contributed by atoms with Crippen molar-refractivity contribution in [3.8, 4) is 0 Å². The lowest BCUT2D eigenvalue weighted by Gasteiger charge is -2.35. The van der Waals surface area contributed by atoms with E-state index in [0.717, 1.165) is 11.2 Å². The summed E-state index contributed by atoms with van der Waals surface area (Å²) in [5.74, 6) is 0.748. The average molecular weight is 222 g/mol. The lowest BCUT2D eigenvalue weighted by Crippen LogP contribution is -2.44. The van der Waals surface area contributed by atoms with E-state index in [4.69, 9.17) is 0 Å². The van der Waals surface area contributed by atoms with E-state index in [1.807, 2.05) is 0 Å². The van der Waals surface area contributed by atoms with Gasteiger partial charge in [-0.15, -0.1) is 0 Å². The van der Waals surface area contributed by atoms with Gasteiger partial charge in [-0.05, 0) is 26.8 Å². The van der Waals surface area contributed by atoms with Gasteiger partial charge in [-0.3, -0.25) is 0 Å². The van der Waals surface area contributed by atoms with Crippen molar-refractivity contribution < 1.29 is 0 Å². The van der Waals surface area contributed by atoms with Crippen LogP contribution in [-0.2, 0) is 0 Å². The molecule has 0 aliphatic carbocycles. The molecule has 0 aliphatic heterocycles. The summed E-state index contributed by atoms with van der Waals surface area (Å²) in [5, 5.41) is 1.03. The minimum absolute atomic E-state index is 0.282. The number of hydrogen-bond donors (Lipinski definition) is 0. The topological polar surface area (TPSA) is 3.24 Å². The summed E-state index contributed by atoms with van der Waals surface area (Å²) in [6.07, 6.45) is 0. The predicted molar refractivity (Wildman–Crippen MR) is 55.3 cm³/mol. The molecule has 0 radical (unpaired) electrons. The molecule has 0 rings (SSSR count). The van der Waals surface area contributed by atoms with Crippen LogP contribution in [0.25, 0.3) is 0 Å². The zero-order valence-electron chi connectivity index (χ0n) is 8.32. The Labute approximate surface area is 79.3 Å². The Morgan fingerprint density at radius 3 is 2.09 bits per heavy atom. The summed E-state index contributed by atoms with van der Waals surface area (Å²) < 4.78 is 0. The number of halogens is 1. The summed E-state index contributed by atoms with van der Waals surface area (Å²) in [7, 11) is 2.18. The molecule has 0 aliphatic rings. The SMILES string of the molecule is CC(C)CN(C)C(C)(C)CBr. The summed E-state index contributed by atoms with van der Waals surface area (Å²) in [6.45, 7) is 10.2. The Bertz CT molecular complexity index is 110. The maximum Gasteiger partial charge on any atom is 0.0247 e. The zero-order valence-corrected chi connectivity index (χ0v) is 9.90. The van der Waals surface area contributed by atoms with Gasteiger partial charge in [0.2, 0.25) is 0 Å². The summed E-state index contributed by atoms with van der Waals surface area (Å²) >= 11 is 3.52. The van der Waals surface area contributed by atoms with Gasteiger partial charge in [0.15, 0.2) is 0 Å². The quantitative estimate of drug-likeness (QED) is 0.661. The summed E-state index contributed by atoms with van der Waals surface area (Å²) in [4.78, 5) is 2.40. The Balaban J connectivity index is 3.90. The van der Waals surface area contributed by atoms with Crippen LogP contribution in [0.4, 0.5) is 0 Å². The first kappa shape index (κ1) is 11.4. The number of nitrogens with zero attached hydrogens (tertiary/aromatic N) is 1. The highest BCUT2D eigenvalue weighted by molar-refractivity contribution is 9.09. The number of hydrogen-bond acceptors (Lipinski definition) is 1. The van der Waals surface area contributed by atoms with Crippen molar-refractivity contribution in [3.05, 3.63) is 0 Å². The van der Waals surface area contributed by atoms with Crippen LogP contribution < -0.4 is 0 Å². The van der Waals surface area contributed by atoms with E-state index in [2.05, 4.69) is 55.6 Å². The molecule has 1 nitrogen and oxygen atoms in total. The van der Waals surface area contributed by atoms with E-state index < -0.39 is 0 Å². The van der Waals surface area contributed by atoms with Crippen molar-refractivity contribution in [2.45, 2.75) is 33.2 Å². The molecule has 0 aromatic heterocycles. The fourth-order valence-corrected chi connectivity index (χ4v) is 1.32. The average Bonchev–Trinajstić information content (AvgIpc) is 1.86. The van der Waals surface area contributed by atoms with Crippen molar-refractivity contribution >= 4 is 15.9 Å². The van der Waals surface area contributed by atoms with E-state index in [9.17, 15) is 0 Å². The van der Waals surface area contributed by atoms with E-state index >= 15 is 0 Å². The molecule has 0 fully saturated rings.